The third kappa shape index (κ3) is 4.06. The Bertz CT molecular complexity index is 823. The molecule has 1 heterocycles. The van der Waals surface area contributed by atoms with Crippen LogP contribution in [0.15, 0.2) is 64.2 Å². The molecule has 0 aliphatic carbocycles. The van der Waals surface area contributed by atoms with Crippen molar-refractivity contribution in [3.63, 3.8) is 0 Å². The number of hydrazone groups is 1. The van der Waals surface area contributed by atoms with E-state index in [1.807, 2.05) is 36.4 Å². The van der Waals surface area contributed by atoms with Gasteiger partial charge in [-0.3, -0.25) is 9.59 Å². The summed E-state index contributed by atoms with van der Waals surface area (Å²) in [4.78, 5) is 24.4. The summed E-state index contributed by atoms with van der Waals surface area (Å²) in [5, 5.41) is 8.13. The highest BCUT2D eigenvalue weighted by Crippen LogP contribution is 2.25. The number of amidine groups is 1. The summed E-state index contributed by atoms with van der Waals surface area (Å²) in [6.07, 6.45) is -0.690. The number of ether oxygens (including phenoxy) is 1. The number of carbonyl (C=O) groups is 2. The van der Waals surface area contributed by atoms with E-state index in [1.54, 1.807) is 25.1 Å². The second kappa shape index (κ2) is 7.48. The smallest absolute Gasteiger partial charge is 0.266 e. The van der Waals surface area contributed by atoms with Crippen LogP contribution in [-0.2, 0) is 9.59 Å². The summed E-state index contributed by atoms with van der Waals surface area (Å²) in [7, 11) is 0. The van der Waals surface area contributed by atoms with Crippen LogP contribution in [0, 0.1) is 0 Å². The highest BCUT2D eigenvalue weighted by Gasteiger charge is 2.27. The molecule has 2 aromatic carbocycles. The number of hydrogen-bond acceptors (Lipinski definition) is 4. The normalized spacial score (nSPS) is 14.9. The Balaban J connectivity index is 1.65. The lowest BCUT2D eigenvalue weighted by Gasteiger charge is -2.15. The van der Waals surface area contributed by atoms with Gasteiger partial charge in [-0.1, -0.05) is 30.3 Å². The summed E-state index contributed by atoms with van der Waals surface area (Å²) in [6, 6.07) is 16.3. The number of amides is 2. The molecule has 7 heteroatoms. The number of carbonyl (C=O) groups excluding carboxylic acids is 2. The van der Waals surface area contributed by atoms with E-state index in [0.29, 0.717) is 17.3 Å². The SMILES string of the molecule is CC(Oc1ccccc1Br)C(=O)NC1=NN(c2ccccc2)C(=O)C1. The first-order valence-electron chi connectivity index (χ1n) is 7.72. The molecule has 0 bridgehead atoms. The average molecular weight is 402 g/mol. The zero-order valence-electron chi connectivity index (χ0n) is 13.5. The van der Waals surface area contributed by atoms with Gasteiger partial charge in [0.2, 0.25) is 0 Å². The fourth-order valence-electron chi connectivity index (χ4n) is 2.30. The van der Waals surface area contributed by atoms with Crippen molar-refractivity contribution < 1.29 is 14.3 Å². The lowest BCUT2D eigenvalue weighted by Crippen LogP contribution is -2.39. The largest absolute Gasteiger partial charge is 0.480 e. The molecular formula is C18H16BrN3O3. The highest BCUT2D eigenvalue weighted by molar-refractivity contribution is 9.10. The van der Waals surface area contributed by atoms with E-state index in [9.17, 15) is 9.59 Å². The number of hydrogen-bond donors (Lipinski definition) is 1. The van der Waals surface area contributed by atoms with Gasteiger partial charge in [0.15, 0.2) is 6.10 Å². The maximum Gasteiger partial charge on any atom is 0.266 e. The van der Waals surface area contributed by atoms with Crippen LogP contribution in [0.25, 0.3) is 0 Å². The van der Waals surface area contributed by atoms with Crippen molar-refractivity contribution >= 4 is 39.3 Å². The number of anilines is 1. The van der Waals surface area contributed by atoms with Gasteiger partial charge in [0.05, 0.1) is 16.6 Å². The molecule has 0 saturated heterocycles. The predicted octanol–water partition coefficient (Wildman–Crippen LogP) is 3.08. The van der Waals surface area contributed by atoms with E-state index in [1.165, 1.54) is 5.01 Å². The summed E-state index contributed by atoms with van der Waals surface area (Å²) < 4.78 is 6.41. The third-order valence-electron chi connectivity index (χ3n) is 3.55. The Kier molecular flexibility index (Phi) is 5.14. The lowest BCUT2D eigenvalue weighted by atomic mass is 10.3. The highest BCUT2D eigenvalue weighted by atomic mass is 79.9. The van der Waals surface area contributed by atoms with E-state index in [2.05, 4.69) is 26.3 Å². The summed E-state index contributed by atoms with van der Waals surface area (Å²) in [5.74, 6) is 0.319. The number of nitrogens with one attached hydrogen (secondary N) is 1. The molecule has 0 aromatic heterocycles. The molecule has 0 spiro atoms. The van der Waals surface area contributed by atoms with Gasteiger partial charge in [-0.2, -0.15) is 10.1 Å². The first-order chi connectivity index (χ1) is 12.0. The van der Waals surface area contributed by atoms with Crippen LogP contribution < -0.4 is 15.1 Å². The van der Waals surface area contributed by atoms with E-state index in [4.69, 9.17) is 4.74 Å². The molecule has 2 amide bonds. The van der Waals surface area contributed by atoms with Crippen molar-refractivity contribution in [2.75, 3.05) is 5.01 Å². The van der Waals surface area contributed by atoms with E-state index < -0.39 is 6.10 Å². The van der Waals surface area contributed by atoms with Crippen LogP contribution in [0.1, 0.15) is 13.3 Å². The lowest BCUT2D eigenvalue weighted by molar-refractivity contribution is -0.125. The Morgan fingerprint density at radius 2 is 1.88 bits per heavy atom. The monoisotopic (exact) mass is 401 g/mol. The number of para-hydroxylation sites is 2. The molecule has 1 aliphatic heterocycles. The molecule has 6 nitrogen and oxygen atoms in total. The Hall–Kier alpha value is -2.67. The van der Waals surface area contributed by atoms with Crippen molar-refractivity contribution in [3.8, 4) is 5.75 Å². The first-order valence-corrected chi connectivity index (χ1v) is 8.51. The van der Waals surface area contributed by atoms with Gasteiger partial charge in [-0.15, -0.1) is 0 Å². The van der Waals surface area contributed by atoms with E-state index in [0.717, 1.165) is 4.47 Å². The molecule has 1 aliphatic rings. The Labute approximate surface area is 153 Å². The van der Waals surface area contributed by atoms with Gasteiger partial charge in [0.25, 0.3) is 11.8 Å². The molecule has 0 saturated carbocycles. The number of rotatable bonds is 4. The van der Waals surface area contributed by atoms with Crippen molar-refractivity contribution in [1.82, 2.24) is 5.32 Å². The van der Waals surface area contributed by atoms with Crippen molar-refractivity contribution in [2.45, 2.75) is 19.4 Å². The number of benzene rings is 2. The zero-order valence-corrected chi connectivity index (χ0v) is 15.1. The molecule has 1 atom stereocenters. The van der Waals surface area contributed by atoms with Crippen LogP contribution in [0.5, 0.6) is 5.75 Å². The Morgan fingerprint density at radius 1 is 1.20 bits per heavy atom. The minimum absolute atomic E-state index is 0.0440. The average Bonchev–Trinajstić information content (AvgIpc) is 2.98. The maximum atomic E-state index is 12.3. The van der Waals surface area contributed by atoms with Gasteiger partial charge in [0, 0.05) is 0 Å². The fourth-order valence-corrected chi connectivity index (χ4v) is 2.68. The molecule has 1 N–H and O–H groups in total. The van der Waals surface area contributed by atoms with Gasteiger partial charge < -0.3 is 10.1 Å². The number of halogens is 1. The molecule has 0 radical (unpaired) electrons. The summed E-state index contributed by atoms with van der Waals surface area (Å²) in [6.45, 7) is 1.64. The zero-order chi connectivity index (χ0) is 17.8. The van der Waals surface area contributed by atoms with Gasteiger partial charge in [-0.05, 0) is 47.1 Å². The maximum absolute atomic E-state index is 12.3. The van der Waals surface area contributed by atoms with Crippen LogP contribution in [0.4, 0.5) is 5.69 Å². The molecule has 3 rings (SSSR count). The number of nitrogens with zero attached hydrogens (tertiary/aromatic N) is 2. The molecule has 128 valence electrons. The van der Waals surface area contributed by atoms with Crippen LogP contribution in [0.3, 0.4) is 0 Å². The second-order valence-corrected chi connectivity index (χ2v) is 6.30. The van der Waals surface area contributed by atoms with Crippen molar-refractivity contribution in [1.29, 1.82) is 0 Å². The van der Waals surface area contributed by atoms with Gasteiger partial charge in [0.1, 0.15) is 11.6 Å². The van der Waals surface area contributed by atoms with E-state index >= 15 is 0 Å². The third-order valence-corrected chi connectivity index (χ3v) is 4.21. The Morgan fingerprint density at radius 3 is 2.60 bits per heavy atom. The molecular weight excluding hydrogens is 386 g/mol. The second-order valence-electron chi connectivity index (χ2n) is 5.44. The fraction of sp³-hybridized carbons (Fsp3) is 0.167. The van der Waals surface area contributed by atoms with Crippen LogP contribution in [0.2, 0.25) is 0 Å². The standard InChI is InChI=1S/C18H16BrN3O3/c1-12(25-15-10-6-5-9-14(15)19)18(24)20-16-11-17(23)22(21-16)13-7-3-2-4-8-13/h2-10,12H,11H2,1H3,(H,20,21,24). The molecule has 0 fully saturated rings. The quantitative estimate of drug-likeness (QED) is 0.855. The van der Waals surface area contributed by atoms with Crippen LogP contribution in [-0.4, -0.2) is 23.8 Å². The van der Waals surface area contributed by atoms with E-state index in [-0.39, 0.29) is 18.2 Å². The van der Waals surface area contributed by atoms with Gasteiger partial charge >= 0.3 is 0 Å². The first kappa shape index (κ1) is 17.2. The minimum atomic E-state index is -0.734. The topological polar surface area (TPSA) is 71.0 Å². The molecule has 1 unspecified atom stereocenters. The van der Waals surface area contributed by atoms with Crippen LogP contribution >= 0.6 is 15.9 Å². The van der Waals surface area contributed by atoms with Gasteiger partial charge in [-0.25, -0.2) is 0 Å². The minimum Gasteiger partial charge on any atom is -0.480 e. The molecule has 25 heavy (non-hydrogen) atoms. The summed E-state index contributed by atoms with van der Waals surface area (Å²) in [5.41, 5.74) is 0.661. The molecule has 2 aromatic rings. The predicted molar refractivity (Wildman–Crippen MR) is 98.4 cm³/mol. The summed E-state index contributed by atoms with van der Waals surface area (Å²) >= 11 is 3.37. The van der Waals surface area contributed by atoms with Crippen molar-refractivity contribution in [3.05, 3.63) is 59.1 Å². The van der Waals surface area contributed by atoms with Crippen molar-refractivity contribution in [2.24, 2.45) is 5.10 Å².